The molecule has 1 aliphatic heterocycles. The molecule has 0 aliphatic carbocycles. The highest BCUT2D eigenvalue weighted by Crippen LogP contribution is 2.33. The fourth-order valence-electron chi connectivity index (χ4n) is 2.85. The predicted molar refractivity (Wildman–Crippen MR) is 89.6 cm³/mol. The summed E-state index contributed by atoms with van der Waals surface area (Å²) in [5.74, 6) is -1.09. The molecule has 0 radical (unpaired) electrons. The van der Waals surface area contributed by atoms with Crippen molar-refractivity contribution in [3.8, 4) is 11.3 Å². The van der Waals surface area contributed by atoms with Gasteiger partial charge >= 0.3 is 5.56 Å². The van der Waals surface area contributed by atoms with E-state index in [0.29, 0.717) is 11.8 Å². The molecule has 1 amide bonds. The number of aromatic nitrogens is 2. The SMILES string of the molecule is CC(=O)[O-].O=C1Cc2c(cccc2-c2[nH+][nH]c(=O)c3ccccc23)N1. The van der Waals surface area contributed by atoms with Crippen LogP contribution in [0.5, 0.6) is 0 Å². The number of aliphatic carboxylic acids is 1. The largest absolute Gasteiger partial charge is 0.550 e. The van der Waals surface area contributed by atoms with Crippen LogP contribution >= 0.6 is 0 Å². The Balaban J connectivity index is 0.000000415. The van der Waals surface area contributed by atoms with Gasteiger partial charge in [0.2, 0.25) is 11.6 Å². The highest BCUT2D eigenvalue weighted by molar-refractivity contribution is 6.03. The predicted octanol–water partition coefficient (Wildman–Crippen LogP) is 0.260. The van der Waals surface area contributed by atoms with Gasteiger partial charge < -0.3 is 15.2 Å². The van der Waals surface area contributed by atoms with Crippen molar-refractivity contribution >= 4 is 28.3 Å². The molecule has 0 saturated heterocycles. The first-order valence-corrected chi connectivity index (χ1v) is 7.59. The first-order chi connectivity index (χ1) is 12.0. The standard InChI is InChI=1S/C16H11N3O2.C2H4O2/c20-14-8-12-10(6-3-7-13(12)17-14)15-9-4-1-2-5-11(9)16(21)19-18-15;1-2(3)4/h1-7H,8H2,(H,17,20)(H,19,21);1H3,(H,3,4). The minimum atomic E-state index is -1.08. The molecule has 0 bridgehead atoms. The van der Waals surface area contributed by atoms with Crippen molar-refractivity contribution in [3.63, 3.8) is 0 Å². The van der Waals surface area contributed by atoms with Gasteiger partial charge in [0, 0.05) is 11.7 Å². The van der Waals surface area contributed by atoms with E-state index in [-0.39, 0.29) is 11.5 Å². The van der Waals surface area contributed by atoms with Crippen LogP contribution in [0.2, 0.25) is 0 Å². The van der Waals surface area contributed by atoms with Gasteiger partial charge in [-0.3, -0.25) is 9.59 Å². The topological polar surface area (TPSA) is 116 Å². The lowest BCUT2D eigenvalue weighted by Gasteiger charge is -2.04. The normalized spacial score (nSPS) is 12.1. The fraction of sp³-hybridized carbons (Fsp3) is 0.111. The van der Waals surface area contributed by atoms with E-state index in [4.69, 9.17) is 9.90 Å². The molecule has 0 unspecified atom stereocenters. The number of aromatic amines is 2. The maximum Gasteiger partial charge on any atom is 0.305 e. The van der Waals surface area contributed by atoms with E-state index in [1.54, 1.807) is 6.07 Å². The number of fused-ring (bicyclic) bond motifs is 2. The lowest BCUT2D eigenvalue weighted by Crippen LogP contribution is -2.24. The minimum absolute atomic E-state index is 0.00817. The number of carboxylic acid groups (broad SMARTS) is 1. The van der Waals surface area contributed by atoms with Crippen LogP contribution in [0.1, 0.15) is 12.5 Å². The molecule has 126 valence electrons. The molecule has 0 fully saturated rings. The molecule has 0 spiro atoms. The van der Waals surface area contributed by atoms with E-state index in [1.807, 2.05) is 36.4 Å². The van der Waals surface area contributed by atoms with Crippen molar-refractivity contribution in [3.05, 3.63) is 58.4 Å². The third-order valence-corrected chi connectivity index (χ3v) is 3.80. The average molecular weight is 337 g/mol. The molecule has 25 heavy (non-hydrogen) atoms. The summed E-state index contributed by atoms with van der Waals surface area (Å²) in [5.41, 5.74) is 3.38. The number of H-pyrrole nitrogens is 2. The van der Waals surface area contributed by atoms with Gasteiger partial charge in [0.15, 0.2) is 0 Å². The highest BCUT2D eigenvalue weighted by Gasteiger charge is 2.25. The molecule has 0 atom stereocenters. The zero-order valence-electron chi connectivity index (χ0n) is 13.4. The van der Waals surface area contributed by atoms with Gasteiger partial charge in [0.1, 0.15) is 0 Å². The summed E-state index contributed by atoms with van der Waals surface area (Å²) in [7, 11) is 0. The summed E-state index contributed by atoms with van der Waals surface area (Å²) in [5, 5.41) is 18.8. The number of nitrogens with one attached hydrogen (secondary N) is 3. The number of rotatable bonds is 1. The van der Waals surface area contributed by atoms with Gasteiger partial charge in [-0.25, -0.2) is 0 Å². The Morgan fingerprint density at radius 1 is 1.08 bits per heavy atom. The van der Waals surface area contributed by atoms with Crippen molar-refractivity contribution in [2.24, 2.45) is 0 Å². The fourth-order valence-corrected chi connectivity index (χ4v) is 2.85. The Labute approximate surface area is 142 Å². The summed E-state index contributed by atoms with van der Waals surface area (Å²) >= 11 is 0. The molecule has 1 aromatic heterocycles. The maximum absolute atomic E-state index is 11.9. The minimum Gasteiger partial charge on any atom is -0.550 e. The molecule has 1 aliphatic rings. The van der Waals surface area contributed by atoms with Gasteiger partial charge in [0.25, 0.3) is 0 Å². The molecular formula is C18H15N3O4. The Bertz CT molecular complexity index is 1040. The van der Waals surface area contributed by atoms with Crippen LogP contribution in [0, 0.1) is 0 Å². The summed E-state index contributed by atoms with van der Waals surface area (Å²) in [6, 6.07) is 13.2. The van der Waals surface area contributed by atoms with Gasteiger partial charge in [-0.15, -0.1) is 10.2 Å². The second kappa shape index (κ2) is 6.56. The lowest BCUT2D eigenvalue weighted by atomic mass is 9.98. The van der Waals surface area contributed by atoms with Gasteiger partial charge in [-0.05, 0) is 36.8 Å². The van der Waals surface area contributed by atoms with Crippen LogP contribution in [0.25, 0.3) is 22.0 Å². The number of carboxylic acids is 1. The molecule has 3 N–H and O–H groups in total. The van der Waals surface area contributed by atoms with Crippen LogP contribution < -0.4 is 21.1 Å². The van der Waals surface area contributed by atoms with E-state index < -0.39 is 5.97 Å². The molecule has 2 heterocycles. The molecule has 7 heteroatoms. The van der Waals surface area contributed by atoms with Crippen LogP contribution in [-0.2, 0) is 16.0 Å². The van der Waals surface area contributed by atoms with Gasteiger partial charge in [0.05, 0.1) is 22.8 Å². The lowest BCUT2D eigenvalue weighted by molar-refractivity contribution is -0.443. The maximum atomic E-state index is 11.9. The monoisotopic (exact) mass is 337 g/mol. The molecular weight excluding hydrogens is 322 g/mol. The first kappa shape index (κ1) is 16.4. The summed E-state index contributed by atoms with van der Waals surface area (Å²) < 4.78 is 0. The van der Waals surface area contributed by atoms with E-state index >= 15 is 0 Å². The number of hydrogen-bond donors (Lipinski definition) is 2. The summed E-state index contributed by atoms with van der Waals surface area (Å²) in [6.45, 7) is 0.972. The van der Waals surface area contributed by atoms with Crippen molar-refractivity contribution in [1.82, 2.24) is 5.10 Å². The number of hydrogen-bond acceptors (Lipinski definition) is 4. The van der Waals surface area contributed by atoms with Crippen LogP contribution in [0.4, 0.5) is 5.69 Å². The quantitative estimate of drug-likeness (QED) is 0.662. The third-order valence-electron chi connectivity index (χ3n) is 3.80. The second-order valence-electron chi connectivity index (χ2n) is 5.55. The third kappa shape index (κ3) is 3.25. The molecule has 4 rings (SSSR count). The number of anilines is 1. The number of carbonyl (C=O) groups is 2. The number of benzene rings is 2. The van der Waals surface area contributed by atoms with Crippen molar-refractivity contribution in [1.29, 1.82) is 0 Å². The molecule has 2 aromatic carbocycles. The van der Waals surface area contributed by atoms with Crippen molar-refractivity contribution in [2.75, 3.05) is 5.32 Å². The number of carbonyl (C=O) groups excluding carboxylic acids is 2. The van der Waals surface area contributed by atoms with Crippen LogP contribution in [-0.4, -0.2) is 17.0 Å². The van der Waals surface area contributed by atoms with Crippen LogP contribution in [0.3, 0.4) is 0 Å². The molecule has 0 saturated carbocycles. The average Bonchev–Trinajstić information content (AvgIpc) is 2.95. The molecule has 3 aromatic rings. The zero-order valence-corrected chi connectivity index (χ0v) is 13.4. The van der Waals surface area contributed by atoms with Gasteiger partial charge in [-0.1, -0.05) is 18.2 Å². The summed E-state index contributed by atoms with van der Waals surface area (Å²) in [6.07, 6.45) is 0.354. The van der Waals surface area contributed by atoms with Gasteiger partial charge in [-0.2, -0.15) is 0 Å². The second-order valence-corrected chi connectivity index (χ2v) is 5.55. The van der Waals surface area contributed by atoms with E-state index in [0.717, 1.165) is 34.8 Å². The number of amides is 1. The van der Waals surface area contributed by atoms with E-state index in [9.17, 15) is 9.59 Å². The van der Waals surface area contributed by atoms with Crippen molar-refractivity contribution in [2.45, 2.75) is 13.3 Å². The first-order valence-electron chi connectivity index (χ1n) is 7.59. The Morgan fingerprint density at radius 3 is 2.48 bits per heavy atom. The van der Waals surface area contributed by atoms with Crippen LogP contribution in [0.15, 0.2) is 47.3 Å². The Kier molecular flexibility index (Phi) is 4.30. The smallest absolute Gasteiger partial charge is 0.305 e. The molecule has 7 nitrogen and oxygen atoms in total. The Hall–Kier alpha value is -3.48. The highest BCUT2D eigenvalue weighted by atomic mass is 16.4. The van der Waals surface area contributed by atoms with Crippen molar-refractivity contribution < 1.29 is 19.8 Å². The van der Waals surface area contributed by atoms with E-state index in [2.05, 4.69) is 15.5 Å². The zero-order chi connectivity index (χ0) is 18.0. The summed E-state index contributed by atoms with van der Waals surface area (Å²) in [4.78, 5) is 32.4. The Morgan fingerprint density at radius 2 is 1.76 bits per heavy atom. The van der Waals surface area contributed by atoms with E-state index in [1.165, 1.54) is 0 Å².